The quantitative estimate of drug-likeness (QED) is 0.755. The zero-order valence-electron chi connectivity index (χ0n) is 10.7. The van der Waals surface area contributed by atoms with E-state index in [2.05, 4.69) is 4.98 Å². The molecule has 0 aliphatic carbocycles. The molecule has 0 aliphatic rings. The molecule has 0 unspecified atom stereocenters. The third-order valence-corrected chi connectivity index (χ3v) is 2.74. The molecule has 0 fully saturated rings. The average molecular weight is 247 g/mol. The Hall–Kier alpha value is -2.04. The van der Waals surface area contributed by atoms with Gasteiger partial charge in [-0.3, -0.25) is 9.20 Å². The van der Waals surface area contributed by atoms with E-state index >= 15 is 0 Å². The van der Waals surface area contributed by atoms with Gasteiger partial charge in [0.15, 0.2) is 0 Å². The van der Waals surface area contributed by atoms with Crippen LogP contribution in [0.5, 0.6) is 0 Å². The van der Waals surface area contributed by atoms with Crippen LogP contribution in [0.25, 0.3) is 5.65 Å². The molecule has 96 valence electrons. The molecule has 5 nitrogen and oxygen atoms in total. The third kappa shape index (κ3) is 2.45. The monoisotopic (exact) mass is 247 g/mol. The number of nitrogens with zero attached hydrogens (tertiary/aromatic N) is 3. The zero-order chi connectivity index (χ0) is 13.0. The molecule has 5 heteroatoms. The third-order valence-electron chi connectivity index (χ3n) is 2.74. The first-order valence-electron chi connectivity index (χ1n) is 6.09. The molecule has 0 radical (unpaired) electrons. The van der Waals surface area contributed by atoms with Gasteiger partial charge in [0.2, 0.25) is 0 Å². The number of hydrogen-bond acceptors (Lipinski definition) is 4. The van der Waals surface area contributed by atoms with E-state index in [1.54, 1.807) is 6.20 Å². The molecule has 18 heavy (non-hydrogen) atoms. The molecule has 0 saturated carbocycles. The molecule has 0 saturated heterocycles. The second kappa shape index (κ2) is 5.53. The first kappa shape index (κ1) is 12.4. The minimum atomic E-state index is -0.212. The summed E-state index contributed by atoms with van der Waals surface area (Å²) in [5.41, 5.74) is 0.870. The highest BCUT2D eigenvalue weighted by Gasteiger charge is 2.13. The van der Waals surface area contributed by atoms with Gasteiger partial charge in [-0.2, -0.15) is 0 Å². The first-order chi connectivity index (χ1) is 8.76. The summed E-state index contributed by atoms with van der Waals surface area (Å²) in [6.07, 6.45) is 3.63. The van der Waals surface area contributed by atoms with E-state index < -0.39 is 0 Å². The standard InChI is InChI=1S/C13H17N3O2/c1-3-15(10-13(17)18-4-2)12-7-5-6-11-14-8-9-16(11)12/h5-9H,3-4,10H2,1-2H3. The number of pyridine rings is 1. The number of rotatable bonds is 5. The molecule has 0 aliphatic heterocycles. The summed E-state index contributed by atoms with van der Waals surface area (Å²) in [7, 11) is 0. The van der Waals surface area contributed by atoms with Crippen LogP contribution in [0.4, 0.5) is 5.82 Å². The lowest BCUT2D eigenvalue weighted by atomic mass is 10.4. The SMILES string of the molecule is CCOC(=O)CN(CC)c1cccc2nccn12. The Labute approximate surface area is 106 Å². The minimum Gasteiger partial charge on any atom is -0.465 e. The number of imidazole rings is 1. The minimum absolute atomic E-state index is 0.212. The van der Waals surface area contributed by atoms with Crippen LogP contribution in [0, 0.1) is 0 Å². The number of carbonyl (C=O) groups excluding carboxylic acids is 1. The Morgan fingerprint density at radius 1 is 1.44 bits per heavy atom. The van der Waals surface area contributed by atoms with E-state index in [0.717, 1.165) is 18.0 Å². The first-order valence-corrected chi connectivity index (χ1v) is 6.09. The lowest BCUT2D eigenvalue weighted by Crippen LogP contribution is -2.32. The van der Waals surface area contributed by atoms with E-state index in [1.807, 2.05) is 47.5 Å². The van der Waals surface area contributed by atoms with Crippen molar-refractivity contribution in [1.82, 2.24) is 9.38 Å². The topological polar surface area (TPSA) is 46.8 Å². The Balaban J connectivity index is 2.26. The molecule has 0 aromatic carbocycles. The van der Waals surface area contributed by atoms with Gasteiger partial charge in [0, 0.05) is 18.9 Å². The number of aromatic nitrogens is 2. The summed E-state index contributed by atoms with van der Waals surface area (Å²) in [6.45, 7) is 5.21. The van der Waals surface area contributed by atoms with Crippen LogP contribution in [-0.2, 0) is 9.53 Å². The zero-order valence-corrected chi connectivity index (χ0v) is 10.7. The van der Waals surface area contributed by atoms with E-state index in [0.29, 0.717) is 6.61 Å². The maximum Gasteiger partial charge on any atom is 0.325 e. The summed E-state index contributed by atoms with van der Waals surface area (Å²) in [5, 5.41) is 0. The van der Waals surface area contributed by atoms with Gasteiger partial charge in [0.1, 0.15) is 18.0 Å². The highest BCUT2D eigenvalue weighted by atomic mass is 16.5. The van der Waals surface area contributed by atoms with Crippen molar-refractivity contribution in [2.45, 2.75) is 13.8 Å². The van der Waals surface area contributed by atoms with Crippen molar-refractivity contribution in [2.75, 3.05) is 24.6 Å². The fourth-order valence-electron chi connectivity index (χ4n) is 1.91. The predicted molar refractivity (Wildman–Crippen MR) is 69.7 cm³/mol. The van der Waals surface area contributed by atoms with Gasteiger partial charge in [0.05, 0.1) is 6.61 Å². The van der Waals surface area contributed by atoms with Gasteiger partial charge >= 0.3 is 5.97 Å². The van der Waals surface area contributed by atoms with Crippen molar-refractivity contribution in [3.8, 4) is 0 Å². The highest BCUT2D eigenvalue weighted by molar-refractivity contribution is 5.75. The van der Waals surface area contributed by atoms with Crippen molar-refractivity contribution in [1.29, 1.82) is 0 Å². The molecule has 2 heterocycles. The van der Waals surface area contributed by atoms with Crippen molar-refractivity contribution in [2.24, 2.45) is 0 Å². The lowest BCUT2D eigenvalue weighted by molar-refractivity contribution is -0.141. The van der Waals surface area contributed by atoms with Crippen LogP contribution in [0.15, 0.2) is 30.6 Å². The normalized spacial score (nSPS) is 10.6. The summed E-state index contributed by atoms with van der Waals surface area (Å²) < 4.78 is 6.94. The molecular weight excluding hydrogens is 230 g/mol. The van der Waals surface area contributed by atoms with Crippen LogP contribution in [0.2, 0.25) is 0 Å². The predicted octanol–water partition coefficient (Wildman–Crippen LogP) is 1.72. The van der Waals surface area contributed by atoms with E-state index in [4.69, 9.17) is 4.74 Å². The number of hydrogen-bond donors (Lipinski definition) is 0. The molecule has 0 atom stereocenters. The summed E-state index contributed by atoms with van der Waals surface area (Å²) >= 11 is 0. The Morgan fingerprint density at radius 3 is 3.00 bits per heavy atom. The Bertz CT molecular complexity index is 536. The van der Waals surface area contributed by atoms with E-state index in [1.165, 1.54) is 0 Å². The van der Waals surface area contributed by atoms with Crippen LogP contribution >= 0.6 is 0 Å². The fraction of sp³-hybridized carbons (Fsp3) is 0.385. The number of likely N-dealkylation sites (N-methyl/N-ethyl adjacent to an activating group) is 1. The smallest absolute Gasteiger partial charge is 0.325 e. The Morgan fingerprint density at radius 2 is 2.28 bits per heavy atom. The second-order valence-electron chi connectivity index (χ2n) is 3.86. The number of anilines is 1. The molecule has 2 aromatic rings. The average Bonchev–Trinajstić information content (AvgIpc) is 2.84. The van der Waals surface area contributed by atoms with Crippen molar-refractivity contribution in [3.63, 3.8) is 0 Å². The van der Waals surface area contributed by atoms with Gasteiger partial charge in [0.25, 0.3) is 0 Å². The molecule has 0 spiro atoms. The molecule has 0 amide bonds. The second-order valence-corrected chi connectivity index (χ2v) is 3.86. The molecule has 2 rings (SSSR count). The number of ether oxygens (including phenoxy) is 1. The molecule has 0 bridgehead atoms. The van der Waals surface area contributed by atoms with Crippen LogP contribution in [-0.4, -0.2) is 35.1 Å². The van der Waals surface area contributed by atoms with Gasteiger partial charge in [-0.25, -0.2) is 4.98 Å². The van der Waals surface area contributed by atoms with E-state index in [-0.39, 0.29) is 12.5 Å². The van der Waals surface area contributed by atoms with Gasteiger partial charge in [-0.1, -0.05) is 6.07 Å². The van der Waals surface area contributed by atoms with Crippen LogP contribution < -0.4 is 4.90 Å². The maximum absolute atomic E-state index is 11.6. The number of esters is 1. The van der Waals surface area contributed by atoms with Crippen LogP contribution in [0.1, 0.15) is 13.8 Å². The number of fused-ring (bicyclic) bond motifs is 1. The van der Waals surface area contributed by atoms with Gasteiger partial charge in [-0.15, -0.1) is 0 Å². The van der Waals surface area contributed by atoms with Gasteiger partial charge < -0.3 is 9.64 Å². The summed E-state index contributed by atoms with van der Waals surface area (Å²) in [4.78, 5) is 17.8. The number of carbonyl (C=O) groups is 1. The maximum atomic E-state index is 11.6. The van der Waals surface area contributed by atoms with Crippen molar-refractivity contribution >= 4 is 17.4 Å². The fourth-order valence-corrected chi connectivity index (χ4v) is 1.91. The molecule has 0 N–H and O–H groups in total. The van der Waals surface area contributed by atoms with Crippen LogP contribution in [0.3, 0.4) is 0 Å². The highest BCUT2D eigenvalue weighted by Crippen LogP contribution is 2.16. The van der Waals surface area contributed by atoms with Crippen molar-refractivity contribution < 1.29 is 9.53 Å². The Kier molecular flexibility index (Phi) is 3.82. The van der Waals surface area contributed by atoms with E-state index in [9.17, 15) is 4.79 Å². The van der Waals surface area contributed by atoms with Crippen molar-refractivity contribution in [3.05, 3.63) is 30.6 Å². The largest absolute Gasteiger partial charge is 0.465 e. The van der Waals surface area contributed by atoms with Gasteiger partial charge in [-0.05, 0) is 26.0 Å². The summed E-state index contributed by atoms with van der Waals surface area (Å²) in [6, 6.07) is 5.84. The summed E-state index contributed by atoms with van der Waals surface area (Å²) in [5.74, 6) is 0.733. The lowest BCUT2D eigenvalue weighted by Gasteiger charge is -2.22. The molecule has 2 aromatic heterocycles. The molecular formula is C13H17N3O2.